The molecule has 0 aliphatic carbocycles. The summed E-state index contributed by atoms with van der Waals surface area (Å²) >= 11 is 0. The van der Waals surface area contributed by atoms with Gasteiger partial charge in [-0.1, -0.05) is 12.1 Å². The molecule has 0 amide bonds. The van der Waals surface area contributed by atoms with E-state index in [-0.39, 0.29) is 6.10 Å². The third-order valence-electron chi connectivity index (χ3n) is 2.47. The number of rotatable bonds is 4. The van der Waals surface area contributed by atoms with E-state index in [0.717, 1.165) is 18.0 Å². The molecule has 4 heteroatoms. The Kier molecular flexibility index (Phi) is 2.34. The van der Waals surface area contributed by atoms with E-state index in [1.807, 2.05) is 35.0 Å². The van der Waals surface area contributed by atoms with Gasteiger partial charge in [-0.25, -0.2) is 4.98 Å². The molecular weight excluding hydrogens is 204 g/mol. The summed E-state index contributed by atoms with van der Waals surface area (Å²) in [4.78, 5) is 4.03. The monoisotopic (exact) mass is 216 g/mol. The maximum Gasteiger partial charge on any atom is 0.143 e. The molecule has 0 radical (unpaired) electrons. The number of imidazole rings is 1. The van der Waals surface area contributed by atoms with Crippen LogP contribution in [0.5, 0.6) is 5.75 Å². The summed E-state index contributed by atoms with van der Waals surface area (Å²) in [5.74, 6) is 0.857. The van der Waals surface area contributed by atoms with Crippen molar-refractivity contribution in [1.82, 2.24) is 9.55 Å². The highest BCUT2D eigenvalue weighted by atomic mass is 16.6. The van der Waals surface area contributed by atoms with Gasteiger partial charge in [-0.2, -0.15) is 0 Å². The van der Waals surface area contributed by atoms with Crippen molar-refractivity contribution in [2.24, 2.45) is 0 Å². The SMILES string of the molecule is c1ccc(-n2ccnc2)c(OC[C@@H]2CO2)c1. The van der Waals surface area contributed by atoms with Gasteiger partial charge in [0.05, 0.1) is 18.6 Å². The van der Waals surface area contributed by atoms with Crippen LogP contribution >= 0.6 is 0 Å². The maximum atomic E-state index is 5.71. The van der Waals surface area contributed by atoms with E-state index in [1.54, 1.807) is 12.5 Å². The zero-order chi connectivity index (χ0) is 10.8. The number of benzene rings is 1. The van der Waals surface area contributed by atoms with Crippen LogP contribution in [-0.2, 0) is 4.74 Å². The van der Waals surface area contributed by atoms with Gasteiger partial charge in [0, 0.05) is 12.4 Å². The quantitative estimate of drug-likeness (QED) is 0.729. The van der Waals surface area contributed by atoms with Crippen LogP contribution < -0.4 is 4.74 Å². The molecule has 1 aromatic carbocycles. The highest BCUT2D eigenvalue weighted by Gasteiger charge is 2.23. The Hall–Kier alpha value is -1.81. The van der Waals surface area contributed by atoms with Gasteiger partial charge in [-0.15, -0.1) is 0 Å². The van der Waals surface area contributed by atoms with Crippen molar-refractivity contribution in [3.05, 3.63) is 43.0 Å². The zero-order valence-corrected chi connectivity index (χ0v) is 8.74. The number of hydrogen-bond donors (Lipinski definition) is 0. The van der Waals surface area contributed by atoms with Crippen LogP contribution in [0.25, 0.3) is 5.69 Å². The molecule has 1 aliphatic heterocycles. The van der Waals surface area contributed by atoms with Crippen LogP contribution in [0.15, 0.2) is 43.0 Å². The first-order chi connectivity index (χ1) is 7.93. The smallest absolute Gasteiger partial charge is 0.143 e. The molecule has 4 nitrogen and oxygen atoms in total. The molecular formula is C12H12N2O2. The van der Waals surface area contributed by atoms with E-state index in [0.29, 0.717) is 6.61 Å². The first kappa shape index (κ1) is 9.42. The predicted molar refractivity (Wildman–Crippen MR) is 58.8 cm³/mol. The number of aromatic nitrogens is 2. The highest BCUT2D eigenvalue weighted by Crippen LogP contribution is 2.23. The van der Waals surface area contributed by atoms with Gasteiger partial charge in [0.25, 0.3) is 0 Å². The van der Waals surface area contributed by atoms with Crippen molar-refractivity contribution in [2.45, 2.75) is 6.10 Å². The molecule has 1 aliphatic rings. The van der Waals surface area contributed by atoms with Crippen molar-refractivity contribution in [1.29, 1.82) is 0 Å². The van der Waals surface area contributed by atoms with Gasteiger partial charge in [-0.05, 0) is 12.1 Å². The molecule has 0 bridgehead atoms. The third-order valence-corrected chi connectivity index (χ3v) is 2.47. The van der Waals surface area contributed by atoms with Gasteiger partial charge >= 0.3 is 0 Å². The van der Waals surface area contributed by atoms with Crippen LogP contribution in [0, 0.1) is 0 Å². The fourth-order valence-electron chi connectivity index (χ4n) is 1.54. The Morgan fingerprint density at radius 2 is 2.31 bits per heavy atom. The van der Waals surface area contributed by atoms with Gasteiger partial charge in [0.2, 0.25) is 0 Å². The van der Waals surface area contributed by atoms with Gasteiger partial charge in [0.15, 0.2) is 0 Å². The van der Waals surface area contributed by atoms with Crippen molar-refractivity contribution >= 4 is 0 Å². The van der Waals surface area contributed by atoms with Crippen LogP contribution in [-0.4, -0.2) is 28.9 Å². The molecule has 1 aromatic heterocycles. The molecule has 0 N–H and O–H groups in total. The van der Waals surface area contributed by atoms with Gasteiger partial charge < -0.3 is 14.0 Å². The lowest BCUT2D eigenvalue weighted by Gasteiger charge is -2.10. The average Bonchev–Trinajstić information content (AvgIpc) is 3.00. The predicted octanol–water partition coefficient (Wildman–Crippen LogP) is 1.65. The molecule has 1 fully saturated rings. The van der Waals surface area contributed by atoms with Crippen LogP contribution in [0.2, 0.25) is 0 Å². The number of nitrogens with zero attached hydrogens (tertiary/aromatic N) is 2. The van der Waals surface area contributed by atoms with E-state index in [2.05, 4.69) is 4.98 Å². The Morgan fingerprint density at radius 1 is 1.44 bits per heavy atom. The van der Waals surface area contributed by atoms with E-state index in [4.69, 9.17) is 9.47 Å². The molecule has 0 spiro atoms. The molecule has 0 saturated carbocycles. The maximum absolute atomic E-state index is 5.71. The highest BCUT2D eigenvalue weighted by molar-refractivity contribution is 5.46. The van der Waals surface area contributed by atoms with Crippen molar-refractivity contribution in [2.75, 3.05) is 13.2 Å². The van der Waals surface area contributed by atoms with Crippen LogP contribution in [0.1, 0.15) is 0 Å². The van der Waals surface area contributed by atoms with Crippen molar-refractivity contribution in [3.63, 3.8) is 0 Å². The Morgan fingerprint density at radius 3 is 3.06 bits per heavy atom. The zero-order valence-electron chi connectivity index (χ0n) is 8.74. The molecule has 82 valence electrons. The van der Waals surface area contributed by atoms with Gasteiger partial charge in [-0.3, -0.25) is 0 Å². The summed E-state index contributed by atoms with van der Waals surface area (Å²) < 4.78 is 12.8. The molecule has 0 unspecified atom stereocenters. The lowest BCUT2D eigenvalue weighted by molar-refractivity contribution is 0.262. The third kappa shape index (κ3) is 1.92. The summed E-state index contributed by atoms with van der Waals surface area (Å²) in [6, 6.07) is 7.90. The number of para-hydroxylation sites is 2. The average molecular weight is 216 g/mol. The summed E-state index contributed by atoms with van der Waals surface area (Å²) in [7, 11) is 0. The second-order valence-corrected chi connectivity index (χ2v) is 3.70. The number of epoxide rings is 1. The van der Waals surface area contributed by atoms with E-state index >= 15 is 0 Å². The summed E-state index contributed by atoms with van der Waals surface area (Å²) in [6.07, 6.45) is 5.68. The van der Waals surface area contributed by atoms with Crippen molar-refractivity contribution in [3.8, 4) is 11.4 Å². The van der Waals surface area contributed by atoms with E-state index < -0.39 is 0 Å². The summed E-state index contributed by atoms with van der Waals surface area (Å²) in [5.41, 5.74) is 1.00. The Bertz CT molecular complexity index is 464. The van der Waals surface area contributed by atoms with Gasteiger partial charge in [0.1, 0.15) is 18.5 Å². The molecule has 3 rings (SSSR count). The van der Waals surface area contributed by atoms with E-state index in [9.17, 15) is 0 Å². The standard InChI is InChI=1S/C12H12N2O2/c1-2-4-12(16-8-10-7-15-10)11(3-1)14-6-5-13-9-14/h1-6,9-10H,7-8H2/t10-/m0/s1. The second kappa shape index (κ2) is 3.98. The van der Waals surface area contributed by atoms with Crippen LogP contribution in [0.3, 0.4) is 0 Å². The fraction of sp³-hybridized carbons (Fsp3) is 0.250. The molecule has 1 atom stereocenters. The first-order valence-electron chi connectivity index (χ1n) is 5.25. The number of hydrogen-bond acceptors (Lipinski definition) is 3. The minimum absolute atomic E-state index is 0.274. The topological polar surface area (TPSA) is 39.6 Å². The lowest BCUT2D eigenvalue weighted by atomic mass is 10.3. The second-order valence-electron chi connectivity index (χ2n) is 3.70. The first-order valence-corrected chi connectivity index (χ1v) is 5.25. The van der Waals surface area contributed by atoms with Crippen molar-refractivity contribution < 1.29 is 9.47 Å². The molecule has 16 heavy (non-hydrogen) atoms. The fourth-order valence-corrected chi connectivity index (χ4v) is 1.54. The molecule has 2 aromatic rings. The number of ether oxygens (including phenoxy) is 2. The Labute approximate surface area is 93.4 Å². The van der Waals surface area contributed by atoms with E-state index in [1.165, 1.54) is 0 Å². The van der Waals surface area contributed by atoms with Crippen LogP contribution in [0.4, 0.5) is 0 Å². The minimum Gasteiger partial charge on any atom is -0.489 e. The lowest BCUT2D eigenvalue weighted by Crippen LogP contribution is -2.06. The molecule has 2 heterocycles. The molecule has 1 saturated heterocycles. The largest absolute Gasteiger partial charge is 0.489 e. The summed E-state index contributed by atoms with van der Waals surface area (Å²) in [5, 5.41) is 0. The summed E-state index contributed by atoms with van der Waals surface area (Å²) in [6.45, 7) is 1.43. The Balaban J connectivity index is 1.85. The normalized spacial score (nSPS) is 18.4. The minimum atomic E-state index is 0.274.